The highest BCUT2D eigenvalue weighted by Crippen LogP contribution is 2.17. The van der Waals surface area contributed by atoms with Crippen molar-refractivity contribution in [1.29, 1.82) is 0 Å². The lowest BCUT2D eigenvalue weighted by Crippen LogP contribution is -2.34. The lowest BCUT2D eigenvalue weighted by Gasteiger charge is -2.22. The van der Waals surface area contributed by atoms with E-state index in [2.05, 4.69) is 5.32 Å². The molecular formula is C16H21NO4. The van der Waals surface area contributed by atoms with Gasteiger partial charge in [0, 0.05) is 13.2 Å². The quantitative estimate of drug-likeness (QED) is 0.839. The molecule has 114 valence electrons. The predicted molar refractivity (Wildman–Crippen MR) is 78.0 cm³/mol. The Bertz CT molecular complexity index is 468. The summed E-state index contributed by atoms with van der Waals surface area (Å²) in [6, 6.07) is 8.94. The van der Waals surface area contributed by atoms with Crippen molar-refractivity contribution in [3.8, 4) is 0 Å². The van der Waals surface area contributed by atoms with E-state index in [0.29, 0.717) is 18.6 Å². The minimum atomic E-state index is -0.935. The fraction of sp³-hybridized carbons (Fsp3) is 0.500. The molecular weight excluding hydrogens is 270 g/mol. The maximum absolute atomic E-state index is 11.9. The van der Waals surface area contributed by atoms with Crippen LogP contribution >= 0.6 is 0 Å². The standard InChI is InChI=1S/C16H21NO4/c18-15(10-13-8-4-5-9-21-13)17-11-14(16(19)20)12-6-2-1-3-7-12/h1-3,6-7,13-14H,4-5,8-11H2,(H,17,18)(H,19,20). The number of rotatable bonds is 6. The van der Waals surface area contributed by atoms with E-state index in [4.69, 9.17) is 4.74 Å². The average Bonchev–Trinajstić information content (AvgIpc) is 2.49. The van der Waals surface area contributed by atoms with E-state index >= 15 is 0 Å². The minimum absolute atomic E-state index is 0.0289. The average molecular weight is 291 g/mol. The Morgan fingerprint density at radius 1 is 1.29 bits per heavy atom. The maximum atomic E-state index is 11.9. The molecule has 1 saturated heterocycles. The van der Waals surface area contributed by atoms with Crippen LogP contribution in [-0.2, 0) is 14.3 Å². The Hall–Kier alpha value is -1.88. The van der Waals surface area contributed by atoms with Crippen molar-refractivity contribution in [1.82, 2.24) is 5.32 Å². The second-order valence-corrected chi connectivity index (χ2v) is 5.30. The first-order chi connectivity index (χ1) is 10.2. The number of carboxylic acid groups (broad SMARTS) is 1. The van der Waals surface area contributed by atoms with Gasteiger partial charge in [-0.05, 0) is 24.8 Å². The summed E-state index contributed by atoms with van der Waals surface area (Å²) in [5, 5.41) is 12.0. The topological polar surface area (TPSA) is 75.6 Å². The molecule has 1 heterocycles. The molecule has 1 aliphatic heterocycles. The van der Waals surface area contributed by atoms with Gasteiger partial charge >= 0.3 is 5.97 Å². The second-order valence-electron chi connectivity index (χ2n) is 5.30. The highest BCUT2D eigenvalue weighted by Gasteiger charge is 2.22. The number of benzene rings is 1. The van der Waals surface area contributed by atoms with Gasteiger partial charge in [0.15, 0.2) is 0 Å². The second kappa shape index (κ2) is 7.78. The zero-order valence-electron chi connectivity index (χ0n) is 12.0. The van der Waals surface area contributed by atoms with Crippen LogP contribution in [0.15, 0.2) is 30.3 Å². The van der Waals surface area contributed by atoms with Crippen molar-refractivity contribution < 1.29 is 19.4 Å². The van der Waals surface area contributed by atoms with Gasteiger partial charge in [-0.15, -0.1) is 0 Å². The van der Waals surface area contributed by atoms with E-state index in [0.717, 1.165) is 19.3 Å². The number of carboxylic acids is 1. The lowest BCUT2D eigenvalue weighted by molar-refractivity contribution is -0.138. The summed E-state index contributed by atoms with van der Waals surface area (Å²) in [7, 11) is 0. The molecule has 2 rings (SSSR count). The van der Waals surface area contributed by atoms with Crippen LogP contribution in [0.2, 0.25) is 0 Å². The van der Waals surface area contributed by atoms with Gasteiger partial charge < -0.3 is 15.2 Å². The van der Waals surface area contributed by atoms with E-state index in [1.807, 2.05) is 6.07 Å². The fourth-order valence-corrected chi connectivity index (χ4v) is 2.50. The van der Waals surface area contributed by atoms with Crippen LogP contribution in [-0.4, -0.2) is 36.2 Å². The van der Waals surface area contributed by atoms with Crippen LogP contribution in [0.25, 0.3) is 0 Å². The van der Waals surface area contributed by atoms with Crippen LogP contribution in [0.5, 0.6) is 0 Å². The molecule has 5 nitrogen and oxygen atoms in total. The molecule has 1 aromatic rings. The maximum Gasteiger partial charge on any atom is 0.312 e. The van der Waals surface area contributed by atoms with Crippen LogP contribution in [0, 0.1) is 0 Å². The van der Waals surface area contributed by atoms with Crippen molar-refractivity contribution in [3.05, 3.63) is 35.9 Å². The van der Waals surface area contributed by atoms with Crippen LogP contribution in [0.4, 0.5) is 0 Å². The van der Waals surface area contributed by atoms with Crippen molar-refractivity contribution in [3.63, 3.8) is 0 Å². The van der Waals surface area contributed by atoms with Crippen LogP contribution in [0.3, 0.4) is 0 Å². The molecule has 1 aliphatic rings. The van der Waals surface area contributed by atoms with E-state index in [-0.39, 0.29) is 18.6 Å². The summed E-state index contributed by atoms with van der Waals surface area (Å²) >= 11 is 0. The number of hydrogen-bond donors (Lipinski definition) is 2. The number of amides is 1. The van der Waals surface area contributed by atoms with Gasteiger partial charge in [0.1, 0.15) is 0 Å². The van der Waals surface area contributed by atoms with E-state index < -0.39 is 11.9 Å². The van der Waals surface area contributed by atoms with Gasteiger partial charge in [-0.25, -0.2) is 0 Å². The van der Waals surface area contributed by atoms with Crippen molar-refractivity contribution in [2.24, 2.45) is 0 Å². The smallest absolute Gasteiger partial charge is 0.312 e. The largest absolute Gasteiger partial charge is 0.481 e. The minimum Gasteiger partial charge on any atom is -0.481 e. The third-order valence-electron chi connectivity index (χ3n) is 3.69. The van der Waals surface area contributed by atoms with Crippen molar-refractivity contribution >= 4 is 11.9 Å². The molecule has 1 amide bonds. The van der Waals surface area contributed by atoms with Crippen LogP contribution in [0.1, 0.15) is 37.2 Å². The first-order valence-corrected chi connectivity index (χ1v) is 7.33. The molecule has 0 spiro atoms. The molecule has 0 radical (unpaired) electrons. The summed E-state index contributed by atoms with van der Waals surface area (Å²) in [4.78, 5) is 23.2. The Morgan fingerprint density at radius 3 is 2.67 bits per heavy atom. The fourth-order valence-electron chi connectivity index (χ4n) is 2.50. The normalized spacial score (nSPS) is 19.7. The Morgan fingerprint density at radius 2 is 2.05 bits per heavy atom. The van der Waals surface area contributed by atoms with Gasteiger partial charge in [-0.3, -0.25) is 9.59 Å². The highest BCUT2D eigenvalue weighted by molar-refractivity contribution is 5.80. The van der Waals surface area contributed by atoms with Gasteiger partial charge in [-0.1, -0.05) is 30.3 Å². The molecule has 2 unspecified atom stereocenters. The number of hydrogen-bond acceptors (Lipinski definition) is 3. The molecule has 2 N–H and O–H groups in total. The number of ether oxygens (including phenoxy) is 1. The molecule has 1 fully saturated rings. The Labute approximate surface area is 124 Å². The number of carbonyl (C=O) groups excluding carboxylic acids is 1. The zero-order chi connectivity index (χ0) is 15.1. The number of aliphatic carboxylic acids is 1. The molecule has 1 aromatic carbocycles. The van der Waals surface area contributed by atoms with E-state index in [1.165, 1.54) is 0 Å². The monoisotopic (exact) mass is 291 g/mol. The third kappa shape index (κ3) is 4.86. The molecule has 5 heteroatoms. The van der Waals surface area contributed by atoms with Gasteiger partial charge in [-0.2, -0.15) is 0 Å². The predicted octanol–water partition coefficient (Wildman–Crippen LogP) is 1.93. The summed E-state index contributed by atoms with van der Waals surface area (Å²) < 4.78 is 5.51. The van der Waals surface area contributed by atoms with Gasteiger partial charge in [0.25, 0.3) is 0 Å². The zero-order valence-corrected chi connectivity index (χ0v) is 12.0. The highest BCUT2D eigenvalue weighted by atomic mass is 16.5. The first-order valence-electron chi connectivity index (χ1n) is 7.33. The molecule has 0 saturated carbocycles. The molecule has 21 heavy (non-hydrogen) atoms. The summed E-state index contributed by atoms with van der Waals surface area (Å²) in [5.41, 5.74) is 0.694. The molecule has 2 atom stereocenters. The number of nitrogens with one attached hydrogen (secondary N) is 1. The van der Waals surface area contributed by atoms with E-state index in [1.54, 1.807) is 24.3 Å². The lowest BCUT2D eigenvalue weighted by atomic mass is 9.99. The summed E-state index contributed by atoms with van der Waals surface area (Å²) in [6.07, 6.45) is 3.31. The van der Waals surface area contributed by atoms with Crippen LogP contribution < -0.4 is 5.32 Å². The number of carbonyl (C=O) groups is 2. The first kappa shape index (κ1) is 15.5. The summed E-state index contributed by atoms with van der Waals surface area (Å²) in [6.45, 7) is 0.810. The van der Waals surface area contributed by atoms with Gasteiger partial charge in [0.05, 0.1) is 18.4 Å². The van der Waals surface area contributed by atoms with Crippen molar-refractivity contribution in [2.45, 2.75) is 37.7 Å². The molecule has 0 bridgehead atoms. The molecule has 0 aliphatic carbocycles. The van der Waals surface area contributed by atoms with Gasteiger partial charge in [0.2, 0.25) is 5.91 Å². The Kier molecular flexibility index (Phi) is 5.75. The molecule has 0 aromatic heterocycles. The summed E-state index contributed by atoms with van der Waals surface area (Å²) in [5.74, 6) is -1.80. The van der Waals surface area contributed by atoms with E-state index in [9.17, 15) is 14.7 Å². The Balaban J connectivity index is 1.84. The van der Waals surface area contributed by atoms with Crippen molar-refractivity contribution in [2.75, 3.05) is 13.2 Å². The SMILES string of the molecule is O=C(CC1CCCCO1)NCC(C(=O)O)c1ccccc1. The third-order valence-corrected chi connectivity index (χ3v) is 3.69.